The van der Waals surface area contributed by atoms with Crippen LogP contribution in [0.4, 0.5) is 0 Å². The first-order chi connectivity index (χ1) is 20.8. The number of nitrogens with zero attached hydrogens (tertiary/aromatic N) is 3. The van der Waals surface area contributed by atoms with Gasteiger partial charge >= 0.3 is 0 Å². The van der Waals surface area contributed by atoms with Crippen molar-refractivity contribution in [2.24, 2.45) is 34.2 Å². The molecule has 0 aliphatic heterocycles. The molecule has 0 saturated heterocycles. The second-order valence-corrected chi connectivity index (χ2v) is 11.3. The number of hydrogen-bond donors (Lipinski definition) is 5. The Bertz CT molecular complexity index is 1510. The van der Waals surface area contributed by atoms with E-state index in [-0.39, 0.29) is 47.6 Å². The van der Waals surface area contributed by atoms with Gasteiger partial charge in [-0.2, -0.15) is 5.10 Å². The minimum absolute atomic E-state index is 0.00277. The Kier molecular flexibility index (Phi) is 9.10. The SMILES string of the molecule is C=CC(N)C(C=O)C1CCCc2ccc(CNC(=O)c3cc(C(=O)N[C@H]4CCC5=CC(/C(N)=N/N)CC=C54)ncn3)cc21. The van der Waals surface area contributed by atoms with Crippen LogP contribution in [0.25, 0.3) is 0 Å². The molecule has 0 bridgehead atoms. The first-order valence-corrected chi connectivity index (χ1v) is 14.6. The average molecular weight is 583 g/mol. The summed E-state index contributed by atoms with van der Waals surface area (Å²) in [6, 6.07) is 6.91. The quantitative estimate of drug-likeness (QED) is 0.0702. The molecule has 43 heavy (non-hydrogen) atoms. The maximum Gasteiger partial charge on any atom is 0.270 e. The van der Waals surface area contributed by atoms with Crippen LogP contribution in [0.5, 0.6) is 0 Å². The van der Waals surface area contributed by atoms with Gasteiger partial charge in [0.05, 0.1) is 6.04 Å². The minimum Gasteiger partial charge on any atom is -0.385 e. The summed E-state index contributed by atoms with van der Waals surface area (Å²) in [4.78, 5) is 46.2. The Hall–Kier alpha value is -4.64. The van der Waals surface area contributed by atoms with E-state index in [2.05, 4.69) is 50.5 Å². The number of fused-ring (bicyclic) bond motifs is 2. The summed E-state index contributed by atoms with van der Waals surface area (Å²) in [6.07, 6.45) is 12.9. The highest BCUT2D eigenvalue weighted by atomic mass is 16.2. The number of rotatable bonds is 10. The topological polar surface area (TPSA) is 191 Å². The van der Waals surface area contributed by atoms with E-state index >= 15 is 0 Å². The monoisotopic (exact) mass is 582 g/mol. The lowest BCUT2D eigenvalue weighted by atomic mass is 9.73. The first kappa shape index (κ1) is 29.8. The van der Waals surface area contributed by atoms with Crippen LogP contribution in [-0.2, 0) is 17.8 Å². The van der Waals surface area contributed by atoms with Crippen LogP contribution < -0.4 is 27.9 Å². The number of carbonyl (C=O) groups is 3. The minimum atomic E-state index is -0.421. The van der Waals surface area contributed by atoms with Crippen LogP contribution >= 0.6 is 0 Å². The van der Waals surface area contributed by atoms with Gasteiger partial charge in [0.15, 0.2) is 0 Å². The van der Waals surface area contributed by atoms with Crippen LogP contribution in [0.3, 0.4) is 0 Å². The van der Waals surface area contributed by atoms with Crippen molar-refractivity contribution in [2.75, 3.05) is 0 Å². The molecule has 3 aliphatic carbocycles. The average Bonchev–Trinajstić information content (AvgIpc) is 3.45. The van der Waals surface area contributed by atoms with Gasteiger partial charge < -0.3 is 32.7 Å². The smallest absolute Gasteiger partial charge is 0.270 e. The van der Waals surface area contributed by atoms with Gasteiger partial charge in [0.1, 0.15) is 29.8 Å². The second-order valence-electron chi connectivity index (χ2n) is 11.3. The highest BCUT2D eigenvalue weighted by Crippen LogP contribution is 2.38. The zero-order valence-corrected chi connectivity index (χ0v) is 24.0. The Morgan fingerprint density at radius 2 is 1.93 bits per heavy atom. The van der Waals surface area contributed by atoms with Gasteiger partial charge in [-0.1, -0.05) is 36.4 Å². The van der Waals surface area contributed by atoms with Gasteiger partial charge in [0.2, 0.25) is 0 Å². The molecular formula is C32H38N8O3. The number of benzene rings is 1. The lowest BCUT2D eigenvalue weighted by Crippen LogP contribution is -2.35. The van der Waals surface area contributed by atoms with Crippen LogP contribution in [0.2, 0.25) is 0 Å². The number of amidine groups is 1. The Labute approximate surface area is 250 Å². The summed E-state index contributed by atoms with van der Waals surface area (Å²) in [5, 5.41) is 9.54. The van der Waals surface area contributed by atoms with E-state index in [9.17, 15) is 14.4 Å². The summed E-state index contributed by atoms with van der Waals surface area (Å²) in [5.41, 5.74) is 17.7. The van der Waals surface area contributed by atoms with Crippen LogP contribution in [0.1, 0.15) is 75.7 Å². The van der Waals surface area contributed by atoms with Crippen LogP contribution in [-0.4, -0.2) is 46.0 Å². The molecule has 11 nitrogen and oxygen atoms in total. The van der Waals surface area contributed by atoms with Crippen molar-refractivity contribution < 1.29 is 14.4 Å². The number of hydrogen-bond acceptors (Lipinski definition) is 8. The van der Waals surface area contributed by atoms with E-state index in [0.717, 1.165) is 60.7 Å². The van der Waals surface area contributed by atoms with Crippen molar-refractivity contribution in [1.29, 1.82) is 0 Å². The Morgan fingerprint density at radius 1 is 1.14 bits per heavy atom. The molecule has 3 aliphatic rings. The number of nitrogens with one attached hydrogen (secondary N) is 2. The molecule has 5 rings (SSSR count). The molecule has 2 aromatic rings. The third-order valence-corrected chi connectivity index (χ3v) is 8.77. The van der Waals surface area contributed by atoms with Crippen molar-refractivity contribution in [1.82, 2.24) is 20.6 Å². The molecule has 4 unspecified atom stereocenters. The third kappa shape index (κ3) is 6.41. The van der Waals surface area contributed by atoms with E-state index in [1.165, 1.54) is 18.0 Å². The maximum absolute atomic E-state index is 13.1. The van der Waals surface area contributed by atoms with E-state index in [4.69, 9.17) is 17.3 Å². The highest BCUT2D eigenvalue weighted by molar-refractivity contribution is 5.97. The van der Waals surface area contributed by atoms with Gasteiger partial charge in [-0.15, -0.1) is 6.58 Å². The summed E-state index contributed by atoms with van der Waals surface area (Å²) in [5.74, 6) is 4.54. The lowest BCUT2D eigenvalue weighted by Gasteiger charge is -2.32. The molecule has 1 aromatic heterocycles. The fourth-order valence-corrected chi connectivity index (χ4v) is 6.41. The van der Waals surface area contributed by atoms with Crippen molar-refractivity contribution in [3.05, 3.63) is 94.6 Å². The van der Waals surface area contributed by atoms with E-state index in [1.54, 1.807) is 6.08 Å². The zero-order valence-electron chi connectivity index (χ0n) is 24.0. The van der Waals surface area contributed by atoms with Crippen molar-refractivity contribution in [3.63, 3.8) is 0 Å². The molecule has 1 saturated carbocycles. The molecule has 1 heterocycles. The van der Waals surface area contributed by atoms with Crippen LogP contribution in [0.15, 0.2) is 71.6 Å². The molecule has 2 amide bonds. The number of aldehydes is 1. The molecule has 1 aromatic carbocycles. The van der Waals surface area contributed by atoms with Gasteiger partial charge in [0.25, 0.3) is 11.8 Å². The first-order valence-electron chi connectivity index (χ1n) is 14.6. The molecule has 1 fully saturated rings. The third-order valence-electron chi connectivity index (χ3n) is 8.77. The molecule has 0 spiro atoms. The van der Waals surface area contributed by atoms with E-state index in [0.29, 0.717) is 12.3 Å². The molecule has 8 N–H and O–H groups in total. The largest absolute Gasteiger partial charge is 0.385 e. The van der Waals surface area contributed by atoms with Crippen molar-refractivity contribution >= 4 is 23.9 Å². The summed E-state index contributed by atoms with van der Waals surface area (Å²) in [7, 11) is 0. The normalized spacial score (nSPS) is 22.6. The number of aryl methyl sites for hydroxylation is 1. The van der Waals surface area contributed by atoms with Gasteiger partial charge in [0, 0.05) is 30.5 Å². The number of hydrazone groups is 1. The second kappa shape index (κ2) is 13.1. The summed E-state index contributed by atoms with van der Waals surface area (Å²) < 4.78 is 0. The Balaban J connectivity index is 1.22. The molecular weight excluding hydrogens is 544 g/mol. The fourth-order valence-electron chi connectivity index (χ4n) is 6.41. The molecule has 0 radical (unpaired) electrons. The molecule has 11 heteroatoms. The number of carbonyl (C=O) groups excluding carboxylic acids is 3. The van der Waals surface area contributed by atoms with Crippen LogP contribution in [0, 0.1) is 11.8 Å². The maximum atomic E-state index is 13.1. The number of amides is 2. The molecule has 5 atom stereocenters. The lowest BCUT2D eigenvalue weighted by molar-refractivity contribution is -0.112. The predicted molar refractivity (Wildman–Crippen MR) is 164 cm³/mol. The van der Waals surface area contributed by atoms with E-state index in [1.807, 2.05) is 12.1 Å². The Morgan fingerprint density at radius 3 is 2.67 bits per heavy atom. The van der Waals surface area contributed by atoms with E-state index < -0.39 is 11.9 Å². The predicted octanol–water partition coefficient (Wildman–Crippen LogP) is 2.15. The van der Waals surface area contributed by atoms with Crippen molar-refractivity contribution in [3.8, 4) is 0 Å². The van der Waals surface area contributed by atoms with Gasteiger partial charge in [-0.05, 0) is 72.3 Å². The van der Waals surface area contributed by atoms with Gasteiger partial charge in [-0.3, -0.25) is 9.59 Å². The standard InChI is InChI=1S/C32H38N8O3/c1-2-26(33)25(16-41)23-5-3-4-19-7-6-18(12-24(19)23)15-36-31(42)28-14-29(38-17-37-28)32(43)39-27-11-9-20-13-21(30(34)40-35)8-10-22(20)27/h2,6-7,10,12-14,16-17,21,23,25-27H,1,3-5,8-9,11,15,33,35H2,(H2,34,40)(H,36,42)(H,39,43)/t21?,23?,25?,26?,27-/m0/s1. The highest BCUT2D eigenvalue weighted by Gasteiger charge is 2.32. The van der Waals surface area contributed by atoms with Crippen molar-refractivity contribution in [2.45, 2.75) is 63.1 Å². The number of nitrogens with two attached hydrogens (primary N) is 3. The fraction of sp³-hybridized carbons (Fsp3) is 0.375. The summed E-state index contributed by atoms with van der Waals surface area (Å²) in [6.45, 7) is 4.02. The molecule has 224 valence electrons. The zero-order chi connectivity index (χ0) is 30.5. The summed E-state index contributed by atoms with van der Waals surface area (Å²) >= 11 is 0. The van der Waals surface area contributed by atoms with Gasteiger partial charge in [-0.25, -0.2) is 9.97 Å². The number of aromatic nitrogens is 2. The number of allylic oxidation sites excluding steroid dienone is 1.